The van der Waals surface area contributed by atoms with Crippen molar-refractivity contribution in [3.05, 3.63) is 41.5 Å². The molecule has 15 heavy (non-hydrogen) atoms. The Morgan fingerprint density at radius 2 is 1.93 bits per heavy atom. The fraction of sp³-hybridized carbons (Fsp3) is 0.286. The third-order valence-corrected chi connectivity index (χ3v) is 3.28. The summed E-state index contributed by atoms with van der Waals surface area (Å²) in [6.07, 6.45) is 2.46. The summed E-state index contributed by atoms with van der Waals surface area (Å²) in [5.74, 6) is 0. The Hall–Kier alpha value is -1.50. The molecule has 1 heterocycles. The highest BCUT2D eigenvalue weighted by molar-refractivity contribution is 5.93. The van der Waals surface area contributed by atoms with Gasteiger partial charge in [-0.15, -0.1) is 0 Å². The van der Waals surface area contributed by atoms with E-state index >= 15 is 0 Å². The van der Waals surface area contributed by atoms with Crippen molar-refractivity contribution in [1.29, 1.82) is 0 Å². The average Bonchev–Trinajstić information content (AvgIpc) is 2.30. The molecule has 1 aliphatic rings. The lowest BCUT2D eigenvalue weighted by Gasteiger charge is -2.21. The molecule has 1 heteroatoms. The maximum Gasteiger partial charge on any atom is 0.0381 e. The third kappa shape index (κ3) is 1.30. The van der Waals surface area contributed by atoms with Crippen LogP contribution in [0, 0.1) is 6.92 Å². The fourth-order valence-corrected chi connectivity index (χ4v) is 2.53. The van der Waals surface area contributed by atoms with Crippen molar-refractivity contribution in [2.45, 2.75) is 19.8 Å². The number of benzene rings is 2. The van der Waals surface area contributed by atoms with Crippen LogP contribution in [0.15, 0.2) is 30.3 Å². The molecular weight excluding hydrogens is 182 g/mol. The average molecular weight is 197 g/mol. The van der Waals surface area contributed by atoms with Crippen molar-refractivity contribution in [3.63, 3.8) is 0 Å². The monoisotopic (exact) mass is 197 g/mol. The number of hydrogen-bond acceptors (Lipinski definition) is 1. The van der Waals surface area contributed by atoms with Gasteiger partial charge in [0.1, 0.15) is 0 Å². The summed E-state index contributed by atoms with van der Waals surface area (Å²) in [6.45, 7) is 3.31. The van der Waals surface area contributed by atoms with Gasteiger partial charge in [-0.1, -0.05) is 24.3 Å². The number of aryl methyl sites for hydroxylation is 2. The van der Waals surface area contributed by atoms with E-state index < -0.39 is 0 Å². The van der Waals surface area contributed by atoms with E-state index in [1.165, 1.54) is 40.4 Å². The first-order chi connectivity index (χ1) is 7.36. The molecule has 0 aromatic heterocycles. The maximum absolute atomic E-state index is 3.50. The lowest BCUT2D eigenvalue weighted by Crippen LogP contribution is -2.12. The molecule has 3 rings (SSSR count). The standard InChI is InChI=1S/C14H15N/c1-10-9-14-13(7-4-8-15-14)12-6-3-2-5-11(10)12/h2-3,5-6,9,15H,4,7-8H2,1H3. The zero-order valence-corrected chi connectivity index (χ0v) is 9.01. The number of nitrogens with one attached hydrogen (secondary N) is 1. The van der Waals surface area contributed by atoms with E-state index in [0.29, 0.717) is 0 Å². The quantitative estimate of drug-likeness (QED) is 0.681. The Morgan fingerprint density at radius 1 is 1.13 bits per heavy atom. The Labute approximate surface area is 90.1 Å². The van der Waals surface area contributed by atoms with Gasteiger partial charge in [-0.3, -0.25) is 0 Å². The van der Waals surface area contributed by atoms with Crippen molar-refractivity contribution >= 4 is 16.5 Å². The van der Waals surface area contributed by atoms with E-state index in [9.17, 15) is 0 Å². The van der Waals surface area contributed by atoms with Gasteiger partial charge in [0.25, 0.3) is 0 Å². The maximum atomic E-state index is 3.50. The topological polar surface area (TPSA) is 12.0 Å². The number of anilines is 1. The fourth-order valence-electron chi connectivity index (χ4n) is 2.53. The predicted molar refractivity (Wildman–Crippen MR) is 65.5 cm³/mol. The minimum Gasteiger partial charge on any atom is -0.385 e. The minimum atomic E-state index is 1.12. The number of rotatable bonds is 0. The zero-order valence-electron chi connectivity index (χ0n) is 9.01. The van der Waals surface area contributed by atoms with Crippen LogP contribution in [0.4, 0.5) is 5.69 Å². The molecule has 1 aliphatic heterocycles. The molecule has 0 saturated heterocycles. The van der Waals surface area contributed by atoms with Crippen LogP contribution in [0.25, 0.3) is 10.8 Å². The van der Waals surface area contributed by atoms with Gasteiger partial charge in [0.05, 0.1) is 0 Å². The molecular formula is C14H15N. The highest BCUT2D eigenvalue weighted by Crippen LogP contribution is 2.32. The molecule has 0 amide bonds. The van der Waals surface area contributed by atoms with Crippen molar-refractivity contribution in [2.75, 3.05) is 11.9 Å². The number of fused-ring (bicyclic) bond motifs is 3. The van der Waals surface area contributed by atoms with Crippen LogP contribution in [-0.4, -0.2) is 6.54 Å². The summed E-state index contributed by atoms with van der Waals surface area (Å²) >= 11 is 0. The van der Waals surface area contributed by atoms with E-state index in [1.54, 1.807) is 0 Å². The summed E-state index contributed by atoms with van der Waals surface area (Å²) in [7, 11) is 0. The second-order valence-electron chi connectivity index (χ2n) is 4.30. The van der Waals surface area contributed by atoms with Gasteiger partial charge in [-0.05, 0) is 47.7 Å². The van der Waals surface area contributed by atoms with Crippen LogP contribution in [0.1, 0.15) is 17.5 Å². The molecule has 1 nitrogen and oxygen atoms in total. The van der Waals surface area contributed by atoms with Crippen LogP contribution in [0.2, 0.25) is 0 Å². The van der Waals surface area contributed by atoms with E-state index in [4.69, 9.17) is 0 Å². The van der Waals surface area contributed by atoms with Gasteiger partial charge in [0.15, 0.2) is 0 Å². The molecule has 0 atom stereocenters. The lowest BCUT2D eigenvalue weighted by atomic mass is 9.93. The molecule has 76 valence electrons. The van der Waals surface area contributed by atoms with E-state index in [1.807, 2.05) is 0 Å². The summed E-state index contributed by atoms with van der Waals surface area (Å²) in [5, 5.41) is 6.33. The molecule has 0 unspecified atom stereocenters. The van der Waals surface area contributed by atoms with Crippen molar-refractivity contribution in [3.8, 4) is 0 Å². The molecule has 0 radical (unpaired) electrons. The van der Waals surface area contributed by atoms with Gasteiger partial charge in [0.2, 0.25) is 0 Å². The first-order valence-electron chi connectivity index (χ1n) is 5.61. The Bertz CT molecular complexity index is 514. The second-order valence-corrected chi connectivity index (χ2v) is 4.30. The summed E-state index contributed by atoms with van der Waals surface area (Å²) in [6, 6.07) is 11.0. The van der Waals surface area contributed by atoms with Gasteiger partial charge in [-0.2, -0.15) is 0 Å². The van der Waals surface area contributed by atoms with Crippen molar-refractivity contribution in [2.24, 2.45) is 0 Å². The van der Waals surface area contributed by atoms with Crippen LogP contribution in [-0.2, 0) is 6.42 Å². The molecule has 0 saturated carbocycles. The molecule has 0 bridgehead atoms. The third-order valence-electron chi connectivity index (χ3n) is 3.28. The summed E-state index contributed by atoms with van der Waals surface area (Å²) in [5.41, 5.74) is 4.22. The van der Waals surface area contributed by atoms with Gasteiger partial charge in [0, 0.05) is 12.2 Å². The molecule has 2 aromatic rings. The van der Waals surface area contributed by atoms with E-state index in [-0.39, 0.29) is 0 Å². The van der Waals surface area contributed by atoms with E-state index in [0.717, 1.165) is 6.54 Å². The van der Waals surface area contributed by atoms with Crippen LogP contribution in [0.3, 0.4) is 0 Å². The predicted octanol–water partition coefficient (Wildman–Crippen LogP) is 3.51. The largest absolute Gasteiger partial charge is 0.385 e. The van der Waals surface area contributed by atoms with Gasteiger partial charge >= 0.3 is 0 Å². The summed E-state index contributed by atoms with van der Waals surface area (Å²) < 4.78 is 0. The molecule has 0 aliphatic carbocycles. The van der Waals surface area contributed by atoms with Crippen LogP contribution < -0.4 is 5.32 Å². The van der Waals surface area contributed by atoms with Crippen LogP contribution in [0.5, 0.6) is 0 Å². The highest BCUT2D eigenvalue weighted by atomic mass is 14.9. The Morgan fingerprint density at radius 3 is 2.80 bits per heavy atom. The minimum absolute atomic E-state index is 1.12. The molecule has 2 aromatic carbocycles. The SMILES string of the molecule is Cc1cc2c(c3ccccc13)CCCN2. The Kier molecular flexibility index (Phi) is 1.91. The first-order valence-corrected chi connectivity index (χ1v) is 5.61. The first kappa shape index (κ1) is 8.78. The van der Waals surface area contributed by atoms with Crippen molar-refractivity contribution in [1.82, 2.24) is 0 Å². The lowest BCUT2D eigenvalue weighted by molar-refractivity contribution is 0.836. The van der Waals surface area contributed by atoms with Crippen LogP contribution >= 0.6 is 0 Å². The van der Waals surface area contributed by atoms with Gasteiger partial charge < -0.3 is 5.32 Å². The van der Waals surface area contributed by atoms with Crippen molar-refractivity contribution < 1.29 is 0 Å². The number of hydrogen-bond donors (Lipinski definition) is 1. The van der Waals surface area contributed by atoms with Gasteiger partial charge in [-0.25, -0.2) is 0 Å². The smallest absolute Gasteiger partial charge is 0.0381 e. The van der Waals surface area contributed by atoms with E-state index in [2.05, 4.69) is 42.6 Å². The summed E-state index contributed by atoms with van der Waals surface area (Å²) in [4.78, 5) is 0. The molecule has 1 N–H and O–H groups in total. The molecule has 0 fully saturated rings. The highest BCUT2D eigenvalue weighted by Gasteiger charge is 2.12. The molecule has 0 spiro atoms. The zero-order chi connectivity index (χ0) is 10.3. The normalized spacial score (nSPS) is 14.7. The Balaban J connectivity index is 2.39. The second kappa shape index (κ2) is 3.27.